The number of amides is 1. The van der Waals surface area contributed by atoms with Crippen LogP contribution in [0.2, 0.25) is 0 Å². The number of sulfonamides is 1. The van der Waals surface area contributed by atoms with Crippen LogP contribution in [0.25, 0.3) is 0 Å². The largest absolute Gasteiger partial charge is 0.484 e. The standard InChI is InChI=1S/C16H24N2O4S/c1-13-8-10-18(11-9-13)16(19)12-22-15-6-4-14(5-7-15)17(2)23(3,20)21/h4-7,13H,8-12H2,1-3H3. The summed E-state index contributed by atoms with van der Waals surface area (Å²) >= 11 is 0. The van der Waals surface area contributed by atoms with Crippen LogP contribution in [0.5, 0.6) is 5.75 Å². The summed E-state index contributed by atoms with van der Waals surface area (Å²) in [5, 5.41) is 0. The molecule has 1 heterocycles. The fraction of sp³-hybridized carbons (Fsp3) is 0.562. The number of hydrogen-bond acceptors (Lipinski definition) is 4. The lowest BCUT2D eigenvalue weighted by Gasteiger charge is -2.30. The number of anilines is 1. The first-order valence-corrected chi connectivity index (χ1v) is 9.57. The van der Waals surface area contributed by atoms with Gasteiger partial charge in [-0.2, -0.15) is 0 Å². The van der Waals surface area contributed by atoms with E-state index in [4.69, 9.17) is 4.74 Å². The SMILES string of the molecule is CC1CCN(C(=O)COc2ccc(N(C)S(C)(=O)=O)cc2)CC1. The van der Waals surface area contributed by atoms with Crippen LogP contribution in [-0.2, 0) is 14.8 Å². The van der Waals surface area contributed by atoms with Gasteiger partial charge in [-0.3, -0.25) is 9.10 Å². The van der Waals surface area contributed by atoms with Crippen LogP contribution in [-0.4, -0.2) is 52.2 Å². The lowest BCUT2D eigenvalue weighted by Crippen LogP contribution is -2.40. The quantitative estimate of drug-likeness (QED) is 0.818. The molecule has 0 N–H and O–H groups in total. The minimum atomic E-state index is -3.28. The van der Waals surface area contributed by atoms with Crippen LogP contribution in [0.4, 0.5) is 5.69 Å². The zero-order chi connectivity index (χ0) is 17.0. The van der Waals surface area contributed by atoms with E-state index in [9.17, 15) is 13.2 Å². The molecule has 1 saturated heterocycles. The Morgan fingerprint density at radius 1 is 1.26 bits per heavy atom. The molecule has 0 bridgehead atoms. The summed E-state index contributed by atoms with van der Waals surface area (Å²) in [4.78, 5) is 13.9. The Bertz CT molecular complexity index is 635. The summed E-state index contributed by atoms with van der Waals surface area (Å²) in [6, 6.07) is 6.65. The van der Waals surface area contributed by atoms with Gasteiger partial charge in [-0.15, -0.1) is 0 Å². The predicted molar refractivity (Wildman–Crippen MR) is 90.2 cm³/mol. The van der Waals surface area contributed by atoms with Crippen LogP contribution in [0.15, 0.2) is 24.3 Å². The maximum absolute atomic E-state index is 12.1. The minimum absolute atomic E-state index is 0.00534. The highest BCUT2D eigenvalue weighted by Gasteiger charge is 2.20. The van der Waals surface area contributed by atoms with Crippen molar-refractivity contribution in [1.82, 2.24) is 4.90 Å². The Morgan fingerprint density at radius 2 is 1.83 bits per heavy atom. The van der Waals surface area contributed by atoms with Crippen molar-refractivity contribution in [1.29, 1.82) is 0 Å². The molecule has 0 spiro atoms. The van der Waals surface area contributed by atoms with Crippen molar-refractivity contribution in [2.24, 2.45) is 5.92 Å². The topological polar surface area (TPSA) is 66.9 Å². The average molecular weight is 340 g/mol. The second kappa shape index (κ2) is 7.21. The fourth-order valence-corrected chi connectivity index (χ4v) is 2.94. The summed E-state index contributed by atoms with van der Waals surface area (Å²) in [7, 11) is -1.79. The van der Waals surface area contributed by atoms with Crippen LogP contribution in [0.1, 0.15) is 19.8 Å². The molecule has 6 nitrogen and oxygen atoms in total. The Hall–Kier alpha value is -1.76. The maximum Gasteiger partial charge on any atom is 0.260 e. The molecule has 0 atom stereocenters. The predicted octanol–water partition coefficient (Wildman–Crippen LogP) is 1.72. The Balaban J connectivity index is 1.88. The molecular formula is C16H24N2O4S. The van der Waals surface area contributed by atoms with Gasteiger partial charge in [0.25, 0.3) is 5.91 Å². The molecule has 23 heavy (non-hydrogen) atoms. The molecule has 1 aliphatic heterocycles. The summed E-state index contributed by atoms with van der Waals surface area (Å²) in [6.07, 6.45) is 3.23. The van der Waals surface area contributed by atoms with E-state index < -0.39 is 10.0 Å². The molecule has 128 valence electrons. The molecule has 0 unspecified atom stereocenters. The van der Waals surface area contributed by atoms with E-state index in [0.717, 1.165) is 32.2 Å². The van der Waals surface area contributed by atoms with Crippen LogP contribution >= 0.6 is 0 Å². The molecule has 1 fully saturated rings. The number of ether oxygens (including phenoxy) is 1. The maximum atomic E-state index is 12.1. The highest BCUT2D eigenvalue weighted by atomic mass is 32.2. The van der Waals surface area contributed by atoms with Crippen molar-refractivity contribution < 1.29 is 17.9 Å². The first-order chi connectivity index (χ1) is 10.8. The fourth-order valence-electron chi connectivity index (χ4n) is 2.44. The number of nitrogens with zero attached hydrogens (tertiary/aromatic N) is 2. The molecule has 1 amide bonds. The molecule has 0 radical (unpaired) electrons. The van der Waals surface area contributed by atoms with Gasteiger partial charge >= 0.3 is 0 Å². The van der Waals surface area contributed by atoms with Crippen molar-refractivity contribution >= 4 is 21.6 Å². The number of hydrogen-bond donors (Lipinski definition) is 0. The van der Waals surface area contributed by atoms with Gasteiger partial charge in [0.15, 0.2) is 6.61 Å². The molecule has 7 heteroatoms. The van der Waals surface area contributed by atoms with Crippen molar-refractivity contribution in [2.75, 3.05) is 37.3 Å². The van der Waals surface area contributed by atoms with E-state index in [1.54, 1.807) is 24.3 Å². The minimum Gasteiger partial charge on any atom is -0.484 e. The summed E-state index contributed by atoms with van der Waals surface area (Å²) in [5.74, 6) is 1.22. The molecule has 1 aromatic rings. The number of carbonyl (C=O) groups excluding carboxylic acids is 1. The zero-order valence-corrected chi connectivity index (χ0v) is 14.7. The summed E-state index contributed by atoms with van der Waals surface area (Å²) in [5.41, 5.74) is 0.552. The third kappa shape index (κ3) is 4.86. The second-order valence-electron chi connectivity index (χ2n) is 6.08. The average Bonchev–Trinajstić information content (AvgIpc) is 2.52. The monoisotopic (exact) mass is 340 g/mol. The number of rotatable bonds is 5. The van der Waals surface area contributed by atoms with E-state index in [2.05, 4.69) is 6.92 Å². The molecule has 2 rings (SSSR count). The van der Waals surface area contributed by atoms with Crippen LogP contribution < -0.4 is 9.04 Å². The molecule has 0 saturated carbocycles. The van der Waals surface area contributed by atoms with Crippen molar-refractivity contribution in [3.8, 4) is 5.75 Å². The van der Waals surface area contributed by atoms with Crippen LogP contribution in [0.3, 0.4) is 0 Å². The first-order valence-electron chi connectivity index (χ1n) is 7.72. The lowest BCUT2D eigenvalue weighted by molar-refractivity contribution is -0.134. The normalized spacial score (nSPS) is 16.2. The van der Waals surface area contributed by atoms with E-state index in [0.29, 0.717) is 17.4 Å². The summed E-state index contributed by atoms with van der Waals surface area (Å²) in [6.45, 7) is 3.80. The second-order valence-corrected chi connectivity index (χ2v) is 8.09. The highest BCUT2D eigenvalue weighted by Crippen LogP contribution is 2.21. The third-order valence-corrected chi connectivity index (χ3v) is 5.40. The van der Waals surface area contributed by atoms with Crippen molar-refractivity contribution in [2.45, 2.75) is 19.8 Å². The smallest absolute Gasteiger partial charge is 0.260 e. The van der Waals surface area contributed by atoms with Gasteiger partial charge in [-0.05, 0) is 43.0 Å². The van der Waals surface area contributed by atoms with Gasteiger partial charge in [-0.1, -0.05) is 6.92 Å². The van der Waals surface area contributed by atoms with E-state index in [1.165, 1.54) is 11.4 Å². The third-order valence-electron chi connectivity index (χ3n) is 4.20. The number of likely N-dealkylation sites (tertiary alicyclic amines) is 1. The Labute approximate surface area is 138 Å². The van der Waals surface area contributed by atoms with Gasteiger partial charge in [0.2, 0.25) is 10.0 Å². The number of benzene rings is 1. The molecular weight excluding hydrogens is 316 g/mol. The molecule has 1 aliphatic rings. The number of carbonyl (C=O) groups is 1. The Morgan fingerprint density at radius 3 is 2.35 bits per heavy atom. The molecule has 1 aromatic carbocycles. The summed E-state index contributed by atoms with van der Waals surface area (Å²) < 4.78 is 29.6. The van der Waals surface area contributed by atoms with E-state index in [-0.39, 0.29) is 12.5 Å². The first kappa shape index (κ1) is 17.6. The van der Waals surface area contributed by atoms with Crippen LogP contribution in [0, 0.1) is 5.92 Å². The van der Waals surface area contributed by atoms with E-state index in [1.807, 2.05) is 4.90 Å². The zero-order valence-electron chi connectivity index (χ0n) is 13.9. The molecule has 0 aromatic heterocycles. The van der Waals surface area contributed by atoms with Crippen molar-refractivity contribution in [3.63, 3.8) is 0 Å². The van der Waals surface area contributed by atoms with Gasteiger partial charge in [0.05, 0.1) is 11.9 Å². The molecule has 0 aliphatic carbocycles. The Kier molecular flexibility index (Phi) is 5.51. The van der Waals surface area contributed by atoms with Gasteiger partial charge in [0.1, 0.15) is 5.75 Å². The van der Waals surface area contributed by atoms with Gasteiger partial charge in [0, 0.05) is 20.1 Å². The van der Waals surface area contributed by atoms with E-state index >= 15 is 0 Å². The van der Waals surface area contributed by atoms with Gasteiger partial charge in [-0.25, -0.2) is 8.42 Å². The van der Waals surface area contributed by atoms with Crippen molar-refractivity contribution in [3.05, 3.63) is 24.3 Å². The highest BCUT2D eigenvalue weighted by molar-refractivity contribution is 7.92. The lowest BCUT2D eigenvalue weighted by atomic mass is 9.99. The number of piperidine rings is 1. The van der Waals surface area contributed by atoms with Gasteiger partial charge < -0.3 is 9.64 Å².